The summed E-state index contributed by atoms with van der Waals surface area (Å²) in [5, 5.41) is 0. The first-order chi connectivity index (χ1) is 5.16. The first kappa shape index (κ1) is 8.27. The lowest BCUT2D eigenvalue weighted by molar-refractivity contribution is -0.137. The number of halogens is 1. The normalized spacial score (nSPS) is 18.3. The number of alkyl halides is 1. The average Bonchev–Trinajstić information content (AvgIpc) is 2.17. The van der Waals surface area contributed by atoms with E-state index in [1.165, 1.54) is 0 Å². The molecule has 0 aliphatic carbocycles. The molecule has 0 unspecified atom stereocenters. The Morgan fingerprint density at radius 1 is 1.55 bits per heavy atom. The van der Waals surface area contributed by atoms with Crippen LogP contribution in [0.25, 0.3) is 0 Å². The molecule has 0 spiro atoms. The smallest absolute Gasteiger partial charge is 0.256 e. The fraction of sp³-hybridized carbons (Fsp3) is 0.429. The van der Waals surface area contributed by atoms with Gasteiger partial charge in [0, 0.05) is 18.0 Å². The van der Waals surface area contributed by atoms with Crippen LogP contribution in [-0.2, 0) is 9.59 Å². The molecule has 0 aromatic rings. The molecule has 3 nitrogen and oxygen atoms in total. The van der Waals surface area contributed by atoms with Crippen LogP contribution in [0.1, 0.15) is 6.42 Å². The molecule has 2 amide bonds. The standard InChI is InChI=1S/C7H8ClNO2/c1-5-4-6(10)9(3-2-8)7(5)11/h1-4H2. The van der Waals surface area contributed by atoms with E-state index in [9.17, 15) is 9.59 Å². The Kier molecular flexibility index (Phi) is 2.29. The lowest BCUT2D eigenvalue weighted by Gasteiger charge is -2.09. The molecule has 1 saturated heterocycles. The van der Waals surface area contributed by atoms with Gasteiger partial charge in [0.25, 0.3) is 5.91 Å². The van der Waals surface area contributed by atoms with Gasteiger partial charge < -0.3 is 0 Å². The molecule has 0 aromatic carbocycles. The summed E-state index contributed by atoms with van der Waals surface area (Å²) in [6.45, 7) is 3.75. The minimum absolute atomic E-state index is 0.149. The molecule has 1 aliphatic heterocycles. The molecule has 11 heavy (non-hydrogen) atoms. The second-order valence-electron chi connectivity index (χ2n) is 2.32. The molecule has 0 aromatic heterocycles. The van der Waals surface area contributed by atoms with Crippen LogP contribution in [-0.4, -0.2) is 29.1 Å². The van der Waals surface area contributed by atoms with Gasteiger partial charge in [-0.2, -0.15) is 0 Å². The minimum Gasteiger partial charge on any atom is -0.277 e. The quantitative estimate of drug-likeness (QED) is 0.347. The Morgan fingerprint density at radius 2 is 2.18 bits per heavy atom. The maximum Gasteiger partial charge on any atom is 0.256 e. The summed E-state index contributed by atoms with van der Waals surface area (Å²) in [7, 11) is 0. The summed E-state index contributed by atoms with van der Waals surface area (Å²) < 4.78 is 0. The highest BCUT2D eigenvalue weighted by atomic mass is 35.5. The molecule has 60 valence electrons. The summed E-state index contributed by atoms with van der Waals surface area (Å²) in [5.41, 5.74) is 0.361. The Bertz CT molecular complexity index is 224. The predicted molar refractivity (Wildman–Crippen MR) is 41.2 cm³/mol. The second kappa shape index (κ2) is 3.05. The van der Waals surface area contributed by atoms with E-state index in [0.717, 1.165) is 4.90 Å². The number of hydrogen-bond donors (Lipinski definition) is 0. The highest BCUT2D eigenvalue weighted by Crippen LogP contribution is 2.15. The van der Waals surface area contributed by atoms with Gasteiger partial charge in [0.15, 0.2) is 0 Å². The van der Waals surface area contributed by atoms with Crippen LogP contribution in [0.3, 0.4) is 0 Å². The van der Waals surface area contributed by atoms with E-state index in [-0.39, 0.29) is 30.7 Å². The van der Waals surface area contributed by atoms with Crippen molar-refractivity contribution in [2.75, 3.05) is 12.4 Å². The van der Waals surface area contributed by atoms with Crippen LogP contribution >= 0.6 is 11.6 Å². The number of imide groups is 1. The van der Waals surface area contributed by atoms with Crippen LogP contribution in [0.5, 0.6) is 0 Å². The summed E-state index contributed by atoms with van der Waals surface area (Å²) in [5.74, 6) is -0.193. The third-order valence-corrected chi connectivity index (χ3v) is 1.69. The van der Waals surface area contributed by atoms with Crippen LogP contribution in [0.4, 0.5) is 0 Å². The van der Waals surface area contributed by atoms with Crippen molar-refractivity contribution in [3.8, 4) is 0 Å². The van der Waals surface area contributed by atoms with Gasteiger partial charge in [-0.15, -0.1) is 11.6 Å². The fourth-order valence-corrected chi connectivity index (χ4v) is 1.14. The van der Waals surface area contributed by atoms with Crippen molar-refractivity contribution >= 4 is 23.4 Å². The van der Waals surface area contributed by atoms with E-state index < -0.39 is 0 Å². The van der Waals surface area contributed by atoms with Crippen molar-refractivity contribution in [1.82, 2.24) is 4.90 Å². The number of carbonyl (C=O) groups excluding carboxylic acids is 2. The minimum atomic E-state index is -0.282. The van der Waals surface area contributed by atoms with E-state index >= 15 is 0 Å². The number of rotatable bonds is 2. The molecule has 1 heterocycles. The Hall–Kier alpha value is -0.830. The molecule has 4 heteroatoms. The van der Waals surface area contributed by atoms with Gasteiger partial charge in [0.1, 0.15) is 0 Å². The van der Waals surface area contributed by atoms with Crippen LogP contribution < -0.4 is 0 Å². The second-order valence-corrected chi connectivity index (χ2v) is 2.70. The first-order valence-electron chi connectivity index (χ1n) is 3.25. The fourth-order valence-electron chi connectivity index (χ4n) is 0.968. The molecule has 0 atom stereocenters. The molecule has 0 N–H and O–H groups in total. The van der Waals surface area contributed by atoms with Gasteiger partial charge in [-0.3, -0.25) is 14.5 Å². The lowest BCUT2D eigenvalue weighted by atomic mass is 10.3. The lowest BCUT2D eigenvalue weighted by Crippen LogP contribution is -2.30. The van der Waals surface area contributed by atoms with E-state index in [0.29, 0.717) is 5.57 Å². The summed E-state index contributed by atoms with van der Waals surface area (Å²) in [6.07, 6.45) is 0.149. The molecule has 0 bridgehead atoms. The number of amides is 2. The van der Waals surface area contributed by atoms with Crippen molar-refractivity contribution in [2.45, 2.75) is 6.42 Å². The summed E-state index contributed by atoms with van der Waals surface area (Å²) in [4.78, 5) is 23.2. The van der Waals surface area contributed by atoms with Crippen LogP contribution in [0.15, 0.2) is 12.2 Å². The van der Waals surface area contributed by atoms with Gasteiger partial charge in [-0.05, 0) is 0 Å². The molecule has 0 saturated carbocycles. The molecule has 1 aliphatic rings. The molecular weight excluding hydrogens is 166 g/mol. The Balaban J connectivity index is 2.71. The van der Waals surface area contributed by atoms with Gasteiger partial charge in [0.2, 0.25) is 5.91 Å². The predicted octanol–water partition coefficient (Wildman–Crippen LogP) is 0.540. The van der Waals surface area contributed by atoms with Crippen molar-refractivity contribution in [1.29, 1.82) is 0 Å². The third-order valence-electron chi connectivity index (χ3n) is 1.52. The highest BCUT2D eigenvalue weighted by Gasteiger charge is 2.31. The third kappa shape index (κ3) is 1.43. The van der Waals surface area contributed by atoms with Gasteiger partial charge in [-0.1, -0.05) is 6.58 Å². The van der Waals surface area contributed by atoms with Crippen molar-refractivity contribution in [3.05, 3.63) is 12.2 Å². The van der Waals surface area contributed by atoms with Gasteiger partial charge >= 0.3 is 0 Å². The zero-order valence-electron chi connectivity index (χ0n) is 5.97. The zero-order valence-corrected chi connectivity index (χ0v) is 6.73. The SMILES string of the molecule is C=C1CC(=O)N(CCCl)C1=O. The highest BCUT2D eigenvalue weighted by molar-refractivity contribution is 6.19. The van der Waals surface area contributed by atoms with Gasteiger partial charge in [0.05, 0.1) is 6.42 Å². The van der Waals surface area contributed by atoms with Gasteiger partial charge in [-0.25, -0.2) is 0 Å². The maximum atomic E-state index is 11.1. The molecule has 1 fully saturated rings. The number of nitrogens with zero attached hydrogens (tertiary/aromatic N) is 1. The number of likely N-dealkylation sites (tertiary alicyclic amines) is 1. The van der Waals surface area contributed by atoms with Crippen molar-refractivity contribution in [2.24, 2.45) is 0 Å². The van der Waals surface area contributed by atoms with E-state index in [2.05, 4.69) is 6.58 Å². The van der Waals surface area contributed by atoms with Crippen LogP contribution in [0, 0.1) is 0 Å². The van der Waals surface area contributed by atoms with E-state index in [1.807, 2.05) is 0 Å². The average molecular weight is 174 g/mol. The largest absolute Gasteiger partial charge is 0.277 e. The van der Waals surface area contributed by atoms with E-state index in [4.69, 9.17) is 11.6 Å². The topological polar surface area (TPSA) is 37.4 Å². The number of carbonyl (C=O) groups is 2. The van der Waals surface area contributed by atoms with Crippen molar-refractivity contribution < 1.29 is 9.59 Å². The van der Waals surface area contributed by atoms with Crippen LogP contribution in [0.2, 0.25) is 0 Å². The van der Waals surface area contributed by atoms with E-state index in [1.54, 1.807) is 0 Å². The summed E-state index contributed by atoms with van der Waals surface area (Å²) >= 11 is 5.38. The summed E-state index contributed by atoms with van der Waals surface area (Å²) in [6, 6.07) is 0. The monoisotopic (exact) mass is 173 g/mol. The zero-order chi connectivity index (χ0) is 8.43. The molecule has 0 radical (unpaired) electrons. The first-order valence-corrected chi connectivity index (χ1v) is 3.78. The Labute approximate surface area is 69.6 Å². The van der Waals surface area contributed by atoms with Crippen molar-refractivity contribution in [3.63, 3.8) is 0 Å². The maximum absolute atomic E-state index is 11.1. The Morgan fingerprint density at radius 3 is 2.55 bits per heavy atom. The molecular formula is C7H8ClNO2. The number of hydrogen-bond acceptors (Lipinski definition) is 2. The molecule has 1 rings (SSSR count).